The normalized spacial score (nSPS) is 25.1. The lowest BCUT2D eigenvalue weighted by Gasteiger charge is -2.41. The lowest BCUT2D eigenvalue weighted by molar-refractivity contribution is -0.137. The van der Waals surface area contributed by atoms with Crippen LogP contribution in [0.25, 0.3) is 0 Å². The van der Waals surface area contributed by atoms with Crippen LogP contribution in [0.1, 0.15) is 25.5 Å². The molecule has 0 saturated carbocycles. The third-order valence-electron chi connectivity index (χ3n) is 3.69. The maximum Gasteiger partial charge on any atom is 0.227 e. The van der Waals surface area contributed by atoms with E-state index in [0.29, 0.717) is 11.8 Å². The minimum atomic E-state index is -0.0958. The van der Waals surface area contributed by atoms with E-state index >= 15 is 0 Å². The molecule has 3 nitrogen and oxygen atoms in total. The molecule has 3 unspecified atom stereocenters. The van der Waals surface area contributed by atoms with Crippen LogP contribution in [0.2, 0.25) is 0 Å². The van der Waals surface area contributed by atoms with Crippen molar-refractivity contribution in [3.8, 4) is 0 Å². The molecule has 1 fully saturated rings. The van der Waals surface area contributed by atoms with E-state index in [9.17, 15) is 4.79 Å². The molecule has 1 aromatic carbocycles. The molecule has 1 saturated heterocycles. The van der Waals surface area contributed by atoms with Crippen LogP contribution < -0.4 is 5.73 Å². The molecular formula is C15H22N2OS. The molecule has 1 aliphatic heterocycles. The Hall–Kier alpha value is -1.00. The van der Waals surface area contributed by atoms with Crippen molar-refractivity contribution in [3.63, 3.8) is 0 Å². The summed E-state index contributed by atoms with van der Waals surface area (Å²) >= 11 is 1.94. The Bertz CT molecular complexity index is 423. The minimum Gasteiger partial charge on any atom is -0.333 e. The van der Waals surface area contributed by atoms with Gasteiger partial charge < -0.3 is 10.6 Å². The number of carbonyl (C=O) groups is 1. The average Bonchev–Trinajstić information content (AvgIpc) is 2.46. The lowest BCUT2D eigenvalue weighted by Crippen LogP contribution is -2.47. The van der Waals surface area contributed by atoms with Gasteiger partial charge in [0.25, 0.3) is 0 Å². The molecule has 4 heteroatoms. The van der Waals surface area contributed by atoms with E-state index in [1.54, 1.807) is 0 Å². The molecule has 0 radical (unpaired) electrons. The van der Waals surface area contributed by atoms with E-state index in [4.69, 9.17) is 5.73 Å². The van der Waals surface area contributed by atoms with Crippen molar-refractivity contribution >= 4 is 17.7 Å². The van der Waals surface area contributed by atoms with Gasteiger partial charge in [-0.05, 0) is 5.56 Å². The fourth-order valence-corrected chi connectivity index (χ4v) is 3.71. The van der Waals surface area contributed by atoms with Gasteiger partial charge in [0, 0.05) is 30.0 Å². The lowest BCUT2D eigenvalue weighted by atomic mass is 10.00. The molecule has 0 bridgehead atoms. The topological polar surface area (TPSA) is 46.3 Å². The summed E-state index contributed by atoms with van der Waals surface area (Å²) in [6.07, 6.45) is 0. The van der Waals surface area contributed by atoms with Gasteiger partial charge in [0.1, 0.15) is 0 Å². The predicted octanol–water partition coefficient (Wildman–Crippen LogP) is 2.29. The van der Waals surface area contributed by atoms with Crippen LogP contribution in [-0.4, -0.2) is 34.9 Å². The van der Waals surface area contributed by atoms with E-state index in [2.05, 4.69) is 19.1 Å². The maximum absolute atomic E-state index is 12.5. The highest BCUT2D eigenvalue weighted by Gasteiger charge is 2.34. The maximum atomic E-state index is 12.5. The number of nitrogens with two attached hydrogens (primary N) is 1. The molecule has 1 amide bonds. The number of thioether (sulfide) groups is 1. The summed E-state index contributed by atoms with van der Waals surface area (Å²) in [6, 6.07) is 10.5. The summed E-state index contributed by atoms with van der Waals surface area (Å²) in [6.45, 7) is 5.35. The zero-order chi connectivity index (χ0) is 13.8. The molecule has 2 rings (SSSR count). The fraction of sp³-hybridized carbons (Fsp3) is 0.533. The van der Waals surface area contributed by atoms with E-state index in [-0.39, 0.29) is 17.9 Å². The van der Waals surface area contributed by atoms with E-state index < -0.39 is 0 Å². The molecule has 2 N–H and O–H groups in total. The number of carbonyl (C=O) groups excluding carboxylic acids is 1. The summed E-state index contributed by atoms with van der Waals surface area (Å²) < 4.78 is 0. The quantitative estimate of drug-likeness (QED) is 0.922. The van der Waals surface area contributed by atoms with E-state index in [0.717, 1.165) is 12.3 Å². The molecule has 1 aromatic rings. The second-order valence-corrected chi connectivity index (χ2v) is 6.58. The van der Waals surface area contributed by atoms with E-state index in [1.807, 2.05) is 41.8 Å². The monoisotopic (exact) mass is 278 g/mol. The molecule has 104 valence electrons. The largest absolute Gasteiger partial charge is 0.333 e. The summed E-state index contributed by atoms with van der Waals surface area (Å²) in [5.74, 6) is 1.10. The highest BCUT2D eigenvalue weighted by atomic mass is 32.2. The Balaban J connectivity index is 2.27. The van der Waals surface area contributed by atoms with Gasteiger partial charge in [-0.3, -0.25) is 4.79 Å². The van der Waals surface area contributed by atoms with Crippen LogP contribution in [0, 0.1) is 5.92 Å². The van der Waals surface area contributed by atoms with Crippen molar-refractivity contribution in [3.05, 3.63) is 35.9 Å². The number of benzene rings is 1. The number of nitrogens with zero attached hydrogens (tertiary/aromatic N) is 1. The number of amides is 1. The average molecular weight is 278 g/mol. The fourth-order valence-electron chi connectivity index (χ4n) is 2.55. The highest BCUT2D eigenvalue weighted by molar-refractivity contribution is 8.00. The van der Waals surface area contributed by atoms with Crippen molar-refractivity contribution in [2.45, 2.75) is 25.1 Å². The molecule has 1 heterocycles. The Labute approximate surface area is 119 Å². The van der Waals surface area contributed by atoms with Gasteiger partial charge in [-0.1, -0.05) is 44.2 Å². The van der Waals surface area contributed by atoms with Crippen LogP contribution in [0.5, 0.6) is 0 Å². The first-order chi connectivity index (χ1) is 9.15. The van der Waals surface area contributed by atoms with Gasteiger partial charge in [0.05, 0.1) is 6.04 Å². The standard InChI is InChI=1S/C15H22N2OS/c1-11(10-16)15(18)17-8-9-19-12(2)14(17)13-6-4-3-5-7-13/h3-7,11-12,14H,8-10,16H2,1-2H3. The van der Waals surface area contributed by atoms with Crippen molar-refractivity contribution in [2.24, 2.45) is 11.7 Å². The van der Waals surface area contributed by atoms with Crippen LogP contribution in [0.15, 0.2) is 30.3 Å². The van der Waals surface area contributed by atoms with Crippen LogP contribution in [0.4, 0.5) is 0 Å². The first-order valence-electron chi connectivity index (χ1n) is 6.82. The van der Waals surface area contributed by atoms with Crippen LogP contribution in [-0.2, 0) is 4.79 Å². The summed E-state index contributed by atoms with van der Waals surface area (Å²) in [4.78, 5) is 14.5. The van der Waals surface area contributed by atoms with Gasteiger partial charge in [0.2, 0.25) is 5.91 Å². The summed E-state index contributed by atoms with van der Waals surface area (Å²) in [5, 5.41) is 0.421. The molecule has 0 aromatic heterocycles. The Kier molecular flexibility index (Phi) is 4.88. The Morgan fingerprint density at radius 2 is 2.16 bits per heavy atom. The number of hydrogen-bond acceptors (Lipinski definition) is 3. The van der Waals surface area contributed by atoms with Crippen LogP contribution >= 0.6 is 11.8 Å². The second kappa shape index (κ2) is 6.44. The van der Waals surface area contributed by atoms with Gasteiger partial charge >= 0.3 is 0 Å². The molecule has 1 aliphatic rings. The first-order valence-corrected chi connectivity index (χ1v) is 7.87. The third-order valence-corrected chi connectivity index (χ3v) is 4.89. The Morgan fingerprint density at radius 3 is 2.79 bits per heavy atom. The Morgan fingerprint density at radius 1 is 1.47 bits per heavy atom. The molecular weight excluding hydrogens is 256 g/mol. The smallest absolute Gasteiger partial charge is 0.227 e. The first kappa shape index (κ1) is 14.4. The van der Waals surface area contributed by atoms with Crippen molar-refractivity contribution in [1.82, 2.24) is 4.90 Å². The van der Waals surface area contributed by atoms with Gasteiger partial charge in [-0.25, -0.2) is 0 Å². The third kappa shape index (κ3) is 3.12. The zero-order valence-electron chi connectivity index (χ0n) is 11.6. The van der Waals surface area contributed by atoms with Crippen LogP contribution in [0.3, 0.4) is 0 Å². The molecule has 19 heavy (non-hydrogen) atoms. The SMILES string of the molecule is CC(CN)C(=O)N1CCSC(C)C1c1ccccc1. The second-order valence-electron chi connectivity index (χ2n) is 5.10. The van der Waals surface area contributed by atoms with Gasteiger partial charge in [0.15, 0.2) is 0 Å². The minimum absolute atomic E-state index is 0.0958. The molecule has 0 aliphatic carbocycles. The van der Waals surface area contributed by atoms with E-state index in [1.165, 1.54) is 5.56 Å². The van der Waals surface area contributed by atoms with Gasteiger partial charge in [-0.15, -0.1) is 0 Å². The van der Waals surface area contributed by atoms with Gasteiger partial charge in [-0.2, -0.15) is 11.8 Å². The van der Waals surface area contributed by atoms with Crippen molar-refractivity contribution < 1.29 is 4.79 Å². The molecule has 0 spiro atoms. The molecule has 3 atom stereocenters. The summed E-state index contributed by atoms with van der Waals surface area (Å²) in [7, 11) is 0. The van der Waals surface area contributed by atoms with Crippen molar-refractivity contribution in [1.29, 1.82) is 0 Å². The highest BCUT2D eigenvalue weighted by Crippen LogP contribution is 2.36. The number of rotatable bonds is 3. The predicted molar refractivity (Wildman–Crippen MR) is 81.0 cm³/mol. The zero-order valence-corrected chi connectivity index (χ0v) is 12.4. The number of hydrogen-bond donors (Lipinski definition) is 1. The summed E-state index contributed by atoms with van der Waals surface area (Å²) in [5.41, 5.74) is 6.87. The van der Waals surface area contributed by atoms with Crippen molar-refractivity contribution in [2.75, 3.05) is 18.8 Å².